The van der Waals surface area contributed by atoms with E-state index in [1.807, 2.05) is 12.3 Å². The number of nitrogens with zero attached hydrogens (tertiary/aromatic N) is 7. The number of aliphatic hydroxyl groups is 1. The summed E-state index contributed by atoms with van der Waals surface area (Å²) in [5.41, 5.74) is 3.84. The van der Waals surface area contributed by atoms with Crippen molar-refractivity contribution < 1.29 is 41.8 Å². The van der Waals surface area contributed by atoms with E-state index >= 15 is 0 Å². The molecule has 2 spiro atoms. The first-order valence-electron chi connectivity index (χ1n) is 26.9. The van der Waals surface area contributed by atoms with E-state index in [1.165, 1.54) is 35.9 Å². The van der Waals surface area contributed by atoms with Gasteiger partial charge in [0.05, 0.1) is 41.9 Å². The number of hydrogen-bond donors (Lipinski definition) is 4. The van der Waals surface area contributed by atoms with Crippen molar-refractivity contribution in [1.29, 1.82) is 0 Å². The van der Waals surface area contributed by atoms with Crippen LogP contribution in [0.25, 0.3) is 11.0 Å². The monoisotopic (exact) mass is 1090 g/mol. The van der Waals surface area contributed by atoms with Gasteiger partial charge in [-0.2, -0.15) is 4.98 Å². The highest BCUT2D eigenvalue weighted by molar-refractivity contribution is 7.90. The number of nitro groups is 1. The van der Waals surface area contributed by atoms with Crippen LogP contribution >= 0.6 is 0 Å². The molecule has 0 bridgehead atoms. The molecule has 78 heavy (non-hydrogen) atoms. The average molecular weight is 1090 g/mol. The summed E-state index contributed by atoms with van der Waals surface area (Å²) in [5.74, 6) is -0.721. The summed E-state index contributed by atoms with van der Waals surface area (Å²) in [5, 5.41) is 25.7. The lowest BCUT2D eigenvalue weighted by molar-refractivity contribution is -0.384. The number of rotatable bonds is 17. The van der Waals surface area contributed by atoms with Crippen molar-refractivity contribution in [2.45, 2.75) is 107 Å². The van der Waals surface area contributed by atoms with Crippen molar-refractivity contribution in [3.8, 4) is 23.3 Å². The Hall–Kier alpha value is -6.94. The minimum Gasteiger partial charge on any atom is -0.481 e. The SMILES string of the molecule is COc1cc(CN2CC3(C2)CN(C2CC4(CCN(c5ccc(C(=O)NS(=O)(=O)c6cnc(NCC7CCC(C)(O)CC7)c([N+](=O)[O-])c6)c(Oc6cc7c(F)c[nH]c7nc6OC)c5)CC4)C2)[C@@H]3c2ccccc2C(C)C)ccn1. The minimum absolute atomic E-state index is 0.0145. The number of carbonyl (C=O) groups is 1. The molecule has 0 unspecified atom stereocenters. The van der Waals surface area contributed by atoms with Crippen LogP contribution in [0.1, 0.15) is 111 Å². The number of halogens is 1. The highest BCUT2D eigenvalue weighted by Gasteiger charge is 2.63. The van der Waals surface area contributed by atoms with Gasteiger partial charge in [0.2, 0.25) is 11.7 Å². The highest BCUT2D eigenvalue weighted by atomic mass is 32.2. The van der Waals surface area contributed by atoms with Crippen LogP contribution in [0.2, 0.25) is 0 Å². The lowest BCUT2D eigenvalue weighted by Gasteiger charge is -2.70. The molecule has 3 aliphatic heterocycles. The molecule has 412 valence electrons. The number of pyridine rings is 3. The standard InChI is InChI=1S/C57H67FN10O9S/c1-35(2)41-8-6-7-9-42(41)50-57(32-65(33-57)31-37-14-19-59-49(22-37)75-4)34-67(50)39-26-56(27-39)17-20-66(21-18-56)38-10-11-43(47(23-38)77-48-25-44-45(58)30-62-51(44)63-54(48)76-5)53(69)64-78(73,74)40-24-46(68(71)72)52(61-29-40)60-28-36-12-15-55(3,70)16-13-36/h6-11,14,19,22-25,29-30,35-36,39,50,70H,12-13,15-18,20-21,26-28,31-34H2,1-5H3,(H,60,61)(H,62,63)(H,64,69)/t36?,50-,55?/m1/s1. The summed E-state index contributed by atoms with van der Waals surface area (Å²) in [7, 11) is -1.73. The number of piperidine rings is 1. The van der Waals surface area contributed by atoms with Crippen molar-refractivity contribution in [2.75, 3.05) is 63.7 Å². The molecule has 4 aromatic heterocycles. The number of likely N-dealkylation sites (tertiary alicyclic amines) is 2. The Morgan fingerprint density at radius 2 is 1.73 bits per heavy atom. The van der Waals surface area contributed by atoms with Crippen LogP contribution in [-0.2, 0) is 16.6 Å². The third kappa shape index (κ3) is 10.3. The molecule has 3 saturated heterocycles. The predicted molar refractivity (Wildman–Crippen MR) is 291 cm³/mol. The van der Waals surface area contributed by atoms with Crippen LogP contribution in [0.15, 0.2) is 90.2 Å². The molecule has 2 aromatic carbocycles. The molecule has 5 fully saturated rings. The quantitative estimate of drug-likeness (QED) is 0.0493. The van der Waals surface area contributed by atoms with Crippen LogP contribution < -0.4 is 29.1 Å². The summed E-state index contributed by atoms with van der Waals surface area (Å²) in [4.78, 5) is 48.2. The van der Waals surface area contributed by atoms with Gasteiger partial charge in [-0.1, -0.05) is 38.1 Å². The number of ether oxygens (including phenoxy) is 3. The van der Waals surface area contributed by atoms with E-state index in [9.17, 15) is 32.8 Å². The molecule has 19 nitrogen and oxygen atoms in total. The largest absolute Gasteiger partial charge is 0.481 e. The fourth-order valence-corrected chi connectivity index (χ4v) is 13.9. The van der Waals surface area contributed by atoms with Crippen molar-refractivity contribution >= 4 is 44.2 Å². The Morgan fingerprint density at radius 3 is 2.45 bits per heavy atom. The Bertz CT molecular complexity index is 3360. The molecule has 5 aliphatic rings. The third-order valence-electron chi connectivity index (χ3n) is 17.3. The first kappa shape index (κ1) is 53.1. The third-order valence-corrected chi connectivity index (χ3v) is 18.6. The van der Waals surface area contributed by atoms with Crippen molar-refractivity contribution in [1.82, 2.24) is 34.5 Å². The van der Waals surface area contributed by atoms with Crippen LogP contribution in [0.4, 0.5) is 21.6 Å². The van der Waals surface area contributed by atoms with Crippen LogP contribution in [0.3, 0.4) is 0 Å². The molecule has 2 saturated carbocycles. The predicted octanol–water partition coefficient (Wildman–Crippen LogP) is 9.11. The van der Waals surface area contributed by atoms with Crippen LogP contribution in [0, 0.1) is 32.7 Å². The molecule has 21 heteroatoms. The Balaban J connectivity index is 0.795. The molecular formula is C57H67FN10O9S. The molecular weight excluding hydrogens is 1020 g/mol. The van der Waals surface area contributed by atoms with Gasteiger partial charge < -0.3 is 34.5 Å². The molecule has 6 aromatic rings. The van der Waals surface area contributed by atoms with E-state index in [-0.39, 0.29) is 56.5 Å². The Morgan fingerprint density at radius 1 is 0.974 bits per heavy atom. The topological polar surface area (TPSA) is 231 Å². The summed E-state index contributed by atoms with van der Waals surface area (Å²) < 4.78 is 62.1. The van der Waals surface area contributed by atoms with E-state index < -0.39 is 42.9 Å². The van der Waals surface area contributed by atoms with E-state index in [2.05, 4.69) is 88.9 Å². The van der Waals surface area contributed by atoms with Gasteiger partial charge in [-0.05, 0) is 110 Å². The summed E-state index contributed by atoms with van der Waals surface area (Å²) in [6.07, 6.45) is 10.6. The maximum Gasteiger partial charge on any atom is 0.312 e. The number of H-pyrrole nitrogens is 1. The number of benzene rings is 2. The summed E-state index contributed by atoms with van der Waals surface area (Å²) >= 11 is 0. The van der Waals surface area contributed by atoms with Gasteiger partial charge in [-0.3, -0.25) is 24.7 Å². The average Bonchev–Trinajstić information content (AvgIpc) is 3.92. The normalized spacial score (nSPS) is 22.2. The van der Waals surface area contributed by atoms with Gasteiger partial charge >= 0.3 is 5.69 Å². The Kier molecular flexibility index (Phi) is 14.1. The molecule has 0 radical (unpaired) electrons. The molecule has 11 rings (SSSR count). The number of aromatic amines is 1. The second-order valence-electron chi connectivity index (χ2n) is 23.0. The maximum atomic E-state index is 14.9. The number of aromatic nitrogens is 4. The first-order valence-corrected chi connectivity index (χ1v) is 28.3. The number of methoxy groups -OCH3 is 2. The van der Waals surface area contributed by atoms with E-state index in [0.717, 1.165) is 89.1 Å². The fraction of sp³-hybridized carbons (Fsp3) is 0.474. The summed E-state index contributed by atoms with van der Waals surface area (Å²) in [6, 6.07) is 21.0. The van der Waals surface area contributed by atoms with Crippen molar-refractivity contribution in [3.05, 3.63) is 124 Å². The van der Waals surface area contributed by atoms with E-state index in [1.54, 1.807) is 26.2 Å². The number of anilines is 2. The van der Waals surface area contributed by atoms with Gasteiger partial charge in [0.1, 0.15) is 22.1 Å². The van der Waals surface area contributed by atoms with Crippen molar-refractivity contribution in [3.63, 3.8) is 0 Å². The molecule has 1 atom stereocenters. The van der Waals surface area contributed by atoms with E-state index in [0.29, 0.717) is 56.1 Å². The molecule has 2 aliphatic carbocycles. The molecule has 7 heterocycles. The second kappa shape index (κ2) is 20.7. The van der Waals surface area contributed by atoms with Gasteiger partial charge in [0.15, 0.2) is 5.75 Å². The number of hydrogen-bond acceptors (Lipinski definition) is 16. The molecule has 1 amide bonds. The highest BCUT2D eigenvalue weighted by Crippen LogP contribution is 2.62. The number of sulfonamides is 1. The number of nitrogens with one attached hydrogen (secondary N) is 3. The van der Waals surface area contributed by atoms with Gasteiger partial charge in [-0.25, -0.2) is 27.5 Å². The number of amides is 1. The van der Waals surface area contributed by atoms with Crippen LogP contribution in [-0.4, -0.2) is 119 Å². The summed E-state index contributed by atoms with van der Waals surface area (Å²) in [6.45, 7) is 12.1. The minimum atomic E-state index is -4.74. The lowest BCUT2D eigenvalue weighted by atomic mass is 9.55. The van der Waals surface area contributed by atoms with Gasteiger partial charge in [0, 0.05) is 106 Å². The zero-order valence-electron chi connectivity index (χ0n) is 44.6. The Labute approximate surface area is 453 Å². The van der Waals surface area contributed by atoms with Crippen molar-refractivity contribution in [2.24, 2.45) is 16.7 Å². The number of fused-ring (bicyclic) bond motifs is 1. The second-order valence-corrected chi connectivity index (χ2v) is 24.7. The maximum absolute atomic E-state index is 14.9. The van der Waals surface area contributed by atoms with E-state index in [4.69, 9.17) is 14.2 Å². The lowest BCUT2D eigenvalue weighted by Crippen LogP contribution is -2.76. The zero-order valence-corrected chi connectivity index (χ0v) is 45.4. The van der Waals surface area contributed by atoms with Gasteiger partial charge in [-0.15, -0.1) is 0 Å². The zero-order chi connectivity index (χ0) is 54.7. The van der Waals surface area contributed by atoms with Gasteiger partial charge in [0.25, 0.3) is 21.8 Å². The smallest absolute Gasteiger partial charge is 0.312 e. The fourth-order valence-electron chi connectivity index (χ4n) is 13.0. The van der Waals surface area contributed by atoms with Crippen LogP contribution in [0.5, 0.6) is 23.3 Å². The molecule has 4 N–H and O–H groups in total. The number of carbonyl (C=O) groups excluding carboxylic acids is 1. The first-order chi connectivity index (χ1) is 37.3.